The summed E-state index contributed by atoms with van der Waals surface area (Å²) in [6.45, 7) is 0.378. The van der Waals surface area contributed by atoms with Crippen LogP contribution in [0.1, 0.15) is 11.1 Å². The Balaban J connectivity index is 1.94. The predicted molar refractivity (Wildman–Crippen MR) is 86.2 cm³/mol. The van der Waals surface area contributed by atoms with Crippen LogP contribution in [0.15, 0.2) is 42.5 Å². The summed E-state index contributed by atoms with van der Waals surface area (Å²) in [5.74, 6) is 0.534. The summed E-state index contributed by atoms with van der Waals surface area (Å²) in [4.78, 5) is 11.9. The van der Waals surface area contributed by atoms with Crippen LogP contribution in [0.25, 0.3) is 0 Å². The topological polar surface area (TPSA) is 70.6 Å². The second-order valence-electron chi connectivity index (χ2n) is 4.63. The normalized spacial score (nSPS) is 10.1. The number of carbonyl (C=O) groups is 1. The Labute approximate surface area is 133 Å². The number of aliphatic hydroxyl groups is 1. The maximum atomic E-state index is 11.9. The number of aliphatic hydroxyl groups excluding tert-OH is 1. The van der Waals surface area contributed by atoms with E-state index in [4.69, 9.17) is 21.4 Å². The number of halogens is 1. The molecule has 3 N–H and O–H groups in total. The van der Waals surface area contributed by atoms with Crippen LogP contribution in [0.5, 0.6) is 5.75 Å². The van der Waals surface area contributed by atoms with Crippen LogP contribution in [-0.2, 0) is 13.2 Å². The first-order chi connectivity index (χ1) is 10.6. The fourth-order valence-electron chi connectivity index (χ4n) is 1.89. The van der Waals surface area contributed by atoms with E-state index in [2.05, 4.69) is 10.6 Å². The van der Waals surface area contributed by atoms with Gasteiger partial charge in [0.15, 0.2) is 0 Å². The van der Waals surface area contributed by atoms with Gasteiger partial charge in [-0.2, -0.15) is 0 Å². The first-order valence-corrected chi connectivity index (χ1v) is 7.07. The molecule has 0 saturated heterocycles. The molecule has 0 unspecified atom stereocenters. The molecule has 2 aromatic carbocycles. The largest absolute Gasteiger partial charge is 0.495 e. The summed E-state index contributed by atoms with van der Waals surface area (Å²) < 4.78 is 5.16. The molecule has 2 amide bonds. The lowest BCUT2D eigenvalue weighted by Crippen LogP contribution is -2.28. The van der Waals surface area contributed by atoms with E-state index in [0.717, 1.165) is 11.1 Å². The Morgan fingerprint density at radius 3 is 2.50 bits per heavy atom. The highest BCUT2D eigenvalue weighted by atomic mass is 35.5. The number of carbonyl (C=O) groups excluding carboxylic acids is 1. The number of urea groups is 1. The summed E-state index contributed by atoms with van der Waals surface area (Å²) in [5, 5.41) is 14.9. The van der Waals surface area contributed by atoms with Gasteiger partial charge in [-0.25, -0.2) is 4.79 Å². The number of ether oxygens (including phenoxy) is 1. The smallest absolute Gasteiger partial charge is 0.319 e. The minimum atomic E-state index is -0.355. The second kappa shape index (κ2) is 7.68. The van der Waals surface area contributed by atoms with Crippen molar-refractivity contribution in [3.8, 4) is 5.75 Å². The molecule has 0 aromatic heterocycles. The summed E-state index contributed by atoms with van der Waals surface area (Å²) in [6.07, 6.45) is 0. The molecule has 22 heavy (non-hydrogen) atoms. The Hall–Kier alpha value is -2.24. The van der Waals surface area contributed by atoms with Crippen LogP contribution in [0, 0.1) is 0 Å². The highest BCUT2D eigenvalue weighted by molar-refractivity contribution is 6.31. The maximum Gasteiger partial charge on any atom is 0.319 e. The molecule has 0 radical (unpaired) electrons. The Morgan fingerprint density at radius 2 is 1.86 bits per heavy atom. The summed E-state index contributed by atoms with van der Waals surface area (Å²) in [5.41, 5.74) is 2.27. The molecule has 0 aliphatic heterocycles. The lowest BCUT2D eigenvalue weighted by molar-refractivity contribution is 0.251. The Kier molecular flexibility index (Phi) is 5.63. The molecule has 0 aliphatic carbocycles. The fourth-order valence-corrected chi connectivity index (χ4v) is 2.06. The van der Waals surface area contributed by atoms with E-state index in [0.29, 0.717) is 23.0 Å². The van der Waals surface area contributed by atoms with Crippen molar-refractivity contribution in [2.24, 2.45) is 0 Å². The molecule has 0 fully saturated rings. The van der Waals surface area contributed by atoms with Crippen molar-refractivity contribution >= 4 is 23.3 Å². The number of nitrogens with one attached hydrogen (secondary N) is 2. The molecule has 116 valence electrons. The lowest BCUT2D eigenvalue weighted by Gasteiger charge is -2.11. The van der Waals surface area contributed by atoms with Gasteiger partial charge >= 0.3 is 6.03 Å². The fraction of sp³-hybridized carbons (Fsp3) is 0.188. The molecule has 0 bridgehead atoms. The highest BCUT2D eigenvalue weighted by Gasteiger charge is 2.08. The lowest BCUT2D eigenvalue weighted by atomic mass is 10.1. The third-order valence-corrected chi connectivity index (χ3v) is 3.30. The van der Waals surface area contributed by atoms with Crippen LogP contribution < -0.4 is 15.4 Å². The first-order valence-electron chi connectivity index (χ1n) is 6.69. The van der Waals surface area contributed by atoms with E-state index in [1.807, 2.05) is 24.3 Å². The quantitative estimate of drug-likeness (QED) is 0.792. The predicted octanol–water partition coefficient (Wildman–Crippen LogP) is 3.16. The molecule has 0 heterocycles. The van der Waals surface area contributed by atoms with Gasteiger partial charge < -0.3 is 20.5 Å². The third kappa shape index (κ3) is 4.38. The molecule has 0 atom stereocenters. The van der Waals surface area contributed by atoms with Crippen LogP contribution in [-0.4, -0.2) is 18.2 Å². The van der Waals surface area contributed by atoms with Crippen molar-refractivity contribution in [2.45, 2.75) is 13.2 Å². The first kappa shape index (κ1) is 16.1. The molecular weight excluding hydrogens is 304 g/mol. The van der Waals surface area contributed by atoms with Crippen LogP contribution in [0.2, 0.25) is 5.02 Å². The van der Waals surface area contributed by atoms with Crippen LogP contribution >= 0.6 is 11.6 Å². The van der Waals surface area contributed by atoms with E-state index < -0.39 is 0 Å². The molecule has 0 spiro atoms. The van der Waals surface area contributed by atoms with E-state index in [1.54, 1.807) is 18.2 Å². The zero-order valence-corrected chi connectivity index (χ0v) is 12.9. The van der Waals surface area contributed by atoms with Crippen molar-refractivity contribution < 1.29 is 14.6 Å². The highest BCUT2D eigenvalue weighted by Crippen LogP contribution is 2.27. The van der Waals surface area contributed by atoms with E-state index in [-0.39, 0.29) is 12.6 Å². The Bertz CT molecular complexity index is 644. The van der Waals surface area contributed by atoms with Gasteiger partial charge in [0.05, 0.1) is 19.4 Å². The van der Waals surface area contributed by atoms with Gasteiger partial charge in [0, 0.05) is 11.6 Å². The standard InChI is InChI=1S/C16H17ClN2O3/c1-22-15-7-6-13(17)8-14(15)19-16(21)18-9-11-2-4-12(10-20)5-3-11/h2-8,20H,9-10H2,1H3,(H2,18,19,21). The van der Waals surface area contributed by atoms with Crippen molar-refractivity contribution in [3.63, 3.8) is 0 Å². The van der Waals surface area contributed by atoms with Gasteiger partial charge in [-0.05, 0) is 29.3 Å². The molecule has 0 saturated carbocycles. The third-order valence-electron chi connectivity index (χ3n) is 3.07. The van der Waals surface area contributed by atoms with E-state index in [1.165, 1.54) is 7.11 Å². The molecule has 2 rings (SSSR count). The number of rotatable bonds is 5. The number of hydrogen-bond acceptors (Lipinski definition) is 3. The second-order valence-corrected chi connectivity index (χ2v) is 5.06. The molecule has 5 nitrogen and oxygen atoms in total. The van der Waals surface area contributed by atoms with Crippen molar-refractivity contribution in [1.82, 2.24) is 5.32 Å². The van der Waals surface area contributed by atoms with Crippen molar-refractivity contribution in [3.05, 3.63) is 58.6 Å². The van der Waals surface area contributed by atoms with Gasteiger partial charge in [-0.15, -0.1) is 0 Å². The Morgan fingerprint density at radius 1 is 1.18 bits per heavy atom. The van der Waals surface area contributed by atoms with Crippen molar-refractivity contribution in [2.75, 3.05) is 12.4 Å². The zero-order chi connectivity index (χ0) is 15.9. The number of anilines is 1. The number of benzene rings is 2. The summed E-state index contributed by atoms with van der Waals surface area (Å²) >= 11 is 5.91. The van der Waals surface area contributed by atoms with Crippen molar-refractivity contribution in [1.29, 1.82) is 0 Å². The van der Waals surface area contributed by atoms with Gasteiger partial charge in [0.2, 0.25) is 0 Å². The number of hydrogen-bond donors (Lipinski definition) is 3. The minimum absolute atomic E-state index is 0.00273. The minimum Gasteiger partial charge on any atom is -0.495 e. The van der Waals surface area contributed by atoms with E-state index >= 15 is 0 Å². The van der Waals surface area contributed by atoms with Crippen LogP contribution in [0.4, 0.5) is 10.5 Å². The molecule has 2 aromatic rings. The SMILES string of the molecule is COc1ccc(Cl)cc1NC(=O)NCc1ccc(CO)cc1. The van der Waals surface area contributed by atoms with Gasteiger partial charge in [0.1, 0.15) is 5.75 Å². The average Bonchev–Trinajstić information content (AvgIpc) is 2.53. The van der Waals surface area contributed by atoms with Crippen LogP contribution in [0.3, 0.4) is 0 Å². The van der Waals surface area contributed by atoms with Gasteiger partial charge in [-0.1, -0.05) is 35.9 Å². The number of amides is 2. The molecule has 6 heteroatoms. The van der Waals surface area contributed by atoms with Gasteiger partial charge in [-0.3, -0.25) is 0 Å². The average molecular weight is 321 g/mol. The zero-order valence-electron chi connectivity index (χ0n) is 12.1. The monoisotopic (exact) mass is 320 g/mol. The summed E-state index contributed by atoms with van der Waals surface area (Å²) in [7, 11) is 1.52. The summed E-state index contributed by atoms with van der Waals surface area (Å²) in [6, 6.07) is 12.0. The van der Waals surface area contributed by atoms with Gasteiger partial charge in [0.25, 0.3) is 0 Å². The molecular formula is C16H17ClN2O3. The maximum absolute atomic E-state index is 11.9. The number of methoxy groups -OCH3 is 1. The molecule has 0 aliphatic rings. The van der Waals surface area contributed by atoms with E-state index in [9.17, 15) is 4.79 Å².